The van der Waals surface area contributed by atoms with Crippen molar-refractivity contribution in [3.63, 3.8) is 0 Å². The fourth-order valence-corrected chi connectivity index (χ4v) is 2.30. The first-order chi connectivity index (χ1) is 13.3. The number of phenols is 2. The molecule has 0 heterocycles. The lowest BCUT2D eigenvalue weighted by atomic mass is 10.2. The summed E-state index contributed by atoms with van der Waals surface area (Å²) < 4.78 is 11.2. The van der Waals surface area contributed by atoms with Crippen LogP contribution in [0.4, 0.5) is 11.4 Å². The van der Waals surface area contributed by atoms with Crippen molar-refractivity contribution in [1.29, 1.82) is 0 Å². The van der Waals surface area contributed by atoms with Crippen molar-refractivity contribution in [2.24, 2.45) is 0 Å². The topological polar surface area (TPSA) is 145 Å². The van der Waals surface area contributed by atoms with Crippen molar-refractivity contribution in [2.75, 3.05) is 0 Å². The first-order valence-electron chi connectivity index (χ1n) is 7.74. The monoisotopic (exact) mass is 384 g/mol. The number of para-hydroxylation sites is 2. The smallest absolute Gasteiger partial charge is 0.314 e. The predicted molar refractivity (Wildman–Crippen MR) is 96.1 cm³/mol. The molecule has 28 heavy (non-hydrogen) atoms. The van der Waals surface area contributed by atoms with Crippen LogP contribution in [0.2, 0.25) is 0 Å². The van der Waals surface area contributed by atoms with Crippen molar-refractivity contribution < 1.29 is 29.5 Å². The molecule has 0 spiro atoms. The zero-order valence-corrected chi connectivity index (χ0v) is 14.0. The number of nitro benzene ring substituents is 2. The third-order valence-corrected chi connectivity index (χ3v) is 3.59. The number of aromatic hydroxyl groups is 2. The Hall–Kier alpha value is -4.34. The van der Waals surface area contributed by atoms with E-state index in [2.05, 4.69) is 0 Å². The van der Waals surface area contributed by atoms with Crippen LogP contribution in [0.1, 0.15) is 0 Å². The fourth-order valence-electron chi connectivity index (χ4n) is 2.30. The van der Waals surface area contributed by atoms with Crippen molar-refractivity contribution in [3.8, 4) is 34.5 Å². The van der Waals surface area contributed by atoms with Gasteiger partial charge in [0.05, 0.1) is 22.0 Å². The Bertz CT molecular complexity index is 983. The first-order valence-corrected chi connectivity index (χ1v) is 7.74. The molecule has 0 bridgehead atoms. The molecule has 0 saturated carbocycles. The van der Waals surface area contributed by atoms with Crippen LogP contribution in [-0.2, 0) is 0 Å². The molecule has 0 aliphatic carbocycles. The molecular weight excluding hydrogens is 372 g/mol. The van der Waals surface area contributed by atoms with Crippen molar-refractivity contribution in [1.82, 2.24) is 0 Å². The highest BCUT2D eigenvalue weighted by Gasteiger charge is 2.17. The van der Waals surface area contributed by atoms with Gasteiger partial charge in [-0.05, 0) is 36.4 Å². The minimum absolute atomic E-state index is 0.0808. The third-order valence-electron chi connectivity index (χ3n) is 3.59. The molecule has 0 aliphatic heterocycles. The largest absolute Gasteiger partial charge is 0.502 e. The van der Waals surface area contributed by atoms with E-state index in [1.165, 1.54) is 24.3 Å². The highest BCUT2D eigenvalue weighted by molar-refractivity contribution is 5.54. The summed E-state index contributed by atoms with van der Waals surface area (Å²) in [5, 5.41) is 40.9. The van der Waals surface area contributed by atoms with Gasteiger partial charge in [-0.25, -0.2) is 0 Å². The van der Waals surface area contributed by atoms with Gasteiger partial charge in [-0.3, -0.25) is 20.2 Å². The Kier molecular flexibility index (Phi) is 4.94. The number of hydrogen-bond donors (Lipinski definition) is 2. The standard InChI is InChI=1S/C18H12N2O8/c21-15-7-5-11(9-13(15)19(23)24)27-17-3-1-2-4-18(17)28-12-6-8-16(22)14(10-12)20(25)26/h1-10,21-22H. The fraction of sp³-hybridized carbons (Fsp3) is 0. The molecule has 3 aromatic rings. The molecule has 10 heteroatoms. The van der Waals surface area contributed by atoms with Crippen LogP contribution < -0.4 is 9.47 Å². The zero-order chi connectivity index (χ0) is 20.3. The molecule has 10 nitrogen and oxygen atoms in total. The maximum atomic E-state index is 10.9. The number of benzene rings is 3. The Morgan fingerprint density at radius 3 is 1.43 bits per heavy atom. The van der Waals surface area contributed by atoms with Crippen LogP contribution in [0.5, 0.6) is 34.5 Å². The van der Waals surface area contributed by atoms with E-state index >= 15 is 0 Å². The van der Waals surface area contributed by atoms with E-state index in [1.54, 1.807) is 12.1 Å². The second kappa shape index (κ2) is 7.50. The number of nitro groups is 2. The second-order valence-electron chi connectivity index (χ2n) is 5.47. The van der Waals surface area contributed by atoms with Gasteiger partial charge in [0.15, 0.2) is 23.0 Å². The van der Waals surface area contributed by atoms with Crippen molar-refractivity contribution >= 4 is 11.4 Å². The maximum Gasteiger partial charge on any atom is 0.314 e. The predicted octanol–water partition coefficient (Wildman–Crippen LogP) is 4.50. The van der Waals surface area contributed by atoms with Gasteiger partial charge < -0.3 is 19.7 Å². The normalized spacial score (nSPS) is 10.3. The molecule has 0 atom stereocenters. The van der Waals surface area contributed by atoms with Crippen LogP contribution in [0, 0.1) is 20.2 Å². The summed E-state index contributed by atoms with van der Waals surface area (Å²) in [5.74, 6) is -0.484. The summed E-state index contributed by atoms with van der Waals surface area (Å²) in [6.45, 7) is 0. The molecule has 3 aromatic carbocycles. The molecule has 0 saturated heterocycles. The summed E-state index contributed by atoms with van der Waals surface area (Å²) in [6.07, 6.45) is 0. The molecule has 0 amide bonds. The van der Waals surface area contributed by atoms with Crippen LogP contribution in [-0.4, -0.2) is 20.1 Å². The Morgan fingerprint density at radius 1 is 0.679 bits per heavy atom. The van der Waals surface area contributed by atoms with Gasteiger partial charge in [0.1, 0.15) is 11.5 Å². The molecule has 0 unspecified atom stereocenters. The van der Waals surface area contributed by atoms with Gasteiger partial charge >= 0.3 is 11.4 Å². The summed E-state index contributed by atoms with van der Waals surface area (Å²) >= 11 is 0. The van der Waals surface area contributed by atoms with E-state index in [0.717, 1.165) is 24.3 Å². The minimum Gasteiger partial charge on any atom is -0.502 e. The number of ether oxygens (including phenoxy) is 2. The van der Waals surface area contributed by atoms with Crippen molar-refractivity contribution in [2.45, 2.75) is 0 Å². The number of hydrogen-bond acceptors (Lipinski definition) is 8. The van der Waals surface area contributed by atoms with Crippen LogP contribution in [0.3, 0.4) is 0 Å². The van der Waals surface area contributed by atoms with E-state index in [9.17, 15) is 30.4 Å². The van der Waals surface area contributed by atoms with E-state index in [-0.39, 0.29) is 23.0 Å². The van der Waals surface area contributed by atoms with Gasteiger partial charge in [-0.1, -0.05) is 12.1 Å². The average Bonchev–Trinajstić information content (AvgIpc) is 2.66. The van der Waals surface area contributed by atoms with Crippen LogP contribution >= 0.6 is 0 Å². The lowest BCUT2D eigenvalue weighted by molar-refractivity contribution is -0.386. The van der Waals surface area contributed by atoms with Crippen molar-refractivity contribution in [3.05, 3.63) is 80.9 Å². The molecule has 0 fully saturated rings. The maximum absolute atomic E-state index is 10.9. The summed E-state index contributed by atoms with van der Waals surface area (Å²) in [4.78, 5) is 20.4. The average molecular weight is 384 g/mol. The van der Waals surface area contributed by atoms with E-state index < -0.39 is 32.7 Å². The van der Waals surface area contributed by atoms with Gasteiger partial charge in [-0.15, -0.1) is 0 Å². The molecule has 0 radical (unpaired) electrons. The molecular formula is C18H12N2O8. The lowest BCUT2D eigenvalue weighted by Crippen LogP contribution is -1.93. The van der Waals surface area contributed by atoms with Gasteiger partial charge in [0.2, 0.25) is 0 Å². The number of phenolic OH excluding ortho intramolecular Hbond substituents is 2. The Labute approximate surface area is 157 Å². The van der Waals surface area contributed by atoms with E-state index in [1.807, 2.05) is 0 Å². The van der Waals surface area contributed by atoms with Gasteiger partial charge in [0, 0.05) is 0 Å². The lowest BCUT2D eigenvalue weighted by Gasteiger charge is -2.12. The molecule has 142 valence electrons. The van der Waals surface area contributed by atoms with Gasteiger partial charge in [-0.2, -0.15) is 0 Å². The quantitative estimate of drug-likeness (QED) is 0.467. The molecule has 0 aliphatic rings. The second-order valence-corrected chi connectivity index (χ2v) is 5.47. The van der Waals surface area contributed by atoms with Crippen LogP contribution in [0.25, 0.3) is 0 Å². The third kappa shape index (κ3) is 3.90. The highest BCUT2D eigenvalue weighted by atomic mass is 16.6. The summed E-state index contributed by atoms with van der Waals surface area (Å²) in [5.41, 5.74) is -1.05. The summed E-state index contributed by atoms with van der Waals surface area (Å²) in [6, 6.07) is 13.4. The first kappa shape index (κ1) is 18.5. The molecule has 3 rings (SSSR count). The van der Waals surface area contributed by atoms with E-state index in [4.69, 9.17) is 9.47 Å². The SMILES string of the molecule is O=[N+]([O-])c1cc(Oc2ccccc2Oc2ccc(O)c([N+](=O)[O-])c2)ccc1O. The Morgan fingerprint density at radius 2 is 1.07 bits per heavy atom. The molecule has 2 N–H and O–H groups in total. The van der Waals surface area contributed by atoms with Crippen LogP contribution in [0.15, 0.2) is 60.7 Å². The highest BCUT2D eigenvalue weighted by Crippen LogP contribution is 2.39. The molecule has 0 aromatic heterocycles. The zero-order valence-electron chi connectivity index (χ0n) is 14.0. The minimum atomic E-state index is -0.750. The number of rotatable bonds is 6. The Balaban J connectivity index is 1.90. The number of nitrogens with zero attached hydrogens (tertiary/aromatic N) is 2. The van der Waals surface area contributed by atoms with E-state index in [0.29, 0.717) is 0 Å². The van der Waals surface area contributed by atoms with Gasteiger partial charge in [0.25, 0.3) is 0 Å². The summed E-state index contributed by atoms with van der Waals surface area (Å²) in [7, 11) is 0.